The summed E-state index contributed by atoms with van der Waals surface area (Å²) >= 11 is 0. The zero-order chi connectivity index (χ0) is 20.6. The molecule has 2 fully saturated rings. The number of fused-ring (bicyclic) bond motifs is 2. The SMILES string of the molecule is CC(=O)N1CC2(CCN(C3CCN(C(=O)OC(C)C)CC3)CC2)c2ccccc21. The Bertz CT molecular complexity index is 762. The van der Waals surface area contributed by atoms with Gasteiger partial charge < -0.3 is 19.4 Å². The topological polar surface area (TPSA) is 53.1 Å². The number of anilines is 1. The maximum Gasteiger partial charge on any atom is 0.410 e. The quantitative estimate of drug-likeness (QED) is 0.765. The van der Waals surface area contributed by atoms with Gasteiger partial charge in [-0.1, -0.05) is 18.2 Å². The molecule has 1 aromatic rings. The maximum atomic E-state index is 12.2. The minimum absolute atomic E-state index is 0.0673. The average molecular weight is 400 g/mol. The number of ether oxygens (including phenoxy) is 1. The number of benzene rings is 1. The van der Waals surface area contributed by atoms with Crippen LogP contribution in [0.1, 0.15) is 52.0 Å². The Morgan fingerprint density at radius 1 is 1.07 bits per heavy atom. The van der Waals surface area contributed by atoms with Crippen LogP contribution in [-0.4, -0.2) is 66.7 Å². The molecule has 0 unspecified atom stereocenters. The summed E-state index contributed by atoms with van der Waals surface area (Å²) in [5.41, 5.74) is 2.55. The van der Waals surface area contributed by atoms with Gasteiger partial charge in [0, 0.05) is 43.7 Å². The van der Waals surface area contributed by atoms with Gasteiger partial charge in [0.05, 0.1) is 6.10 Å². The van der Waals surface area contributed by atoms with Crippen LogP contribution in [0.25, 0.3) is 0 Å². The van der Waals surface area contributed by atoms with Crippen LogP contribution >= 0.6 is 0 Å². The Morgan fingerprint density at radius 2 is 1.72 bits per heavy atom. The van der Waals surface area contributed by atoms with Crippen LogP contribution in [0, 0.1) is 0 Å². The van der Waals surface area contributed by atoms with Crippen LogP contribution in [0.3, 0.4) is 0 Å². The monoisotopic (exact) mass is 399 g/mol. The summed E-state index contributed by atoms with van der Waals surface area (Å²) in [5, 5.41) is 0. The van der Waals surface area contributed by atoms with Crippen molar-refractivity contribution in [1.29, 1.82) is 0 Å². The van der Waals surface area contributed by atoms with Crippen molar-refractivity contribution in [2.24, 2.45) is 0 Å². The highest BCUT2D eigenvalue weighted by Crippen LogP contribution is 2.47. The summed E-state index contributed by atoms with van der Waals surface area (Å²) in [6.07, 6.45) is 3.95. The van der Waals surface area contributed by atoms with Gasteiger partial charge in [0.25, 0.3) is 0 Å². The fourth-order valence-corrected chi connectivity index (χ4v) is 5.35. The van der Waals surface area contributed by atoms with E-state index in [2.05, 4.69) is 23.1 Å². The molecule has 2 amide bonds. The number of hydrogen-bond donors (Lipinski definition) is 0. The van der Waals surface area contributed by atoms with Gasteiger partial charge in [-0.05, 0) is 64.3 Å². The molecule has 3 aliphatic heterocycles. The van der Waals surface area contributed by atoms with Gasteiger partial charge in [-0.15, -0.1) is 0 Å². The zero-order valence-corrected chi connectivity index (χ0v) is 17.9. The molecular formula is C23H33N3O3. The average Bonchev–Trinajstić information content (AvgIpc) is 3.03. The van der Waals surface area contributed by atoms with Gasteiger partial charge in [-0.25, -0.2) is 4.79 Å². The molecule has 1 aromatic carbocycles. The largest absolute Gasteiger partial charge is 0.447 e. The minimum atomic E-state index is -0.178. The van der Waals surface area contributed by atoms with Crippen molar-refractivity contribution in [2.75, 3.05) is 37.6 Å². The second-order valence-corrected chi connectivity index (χ2v) is 9.09. The Morgan fingerprint density at radius 3 is 2.34 bits per heavy atom. The van der Waals surface area contributed by atoms with E-state index in [9.17, 15) is 9.59 Å². The van der Waals surface area contributed by atoms with Gasteiger partial charge in [0.15, 0.2) is 0 Å². The molecule has 1 spiro atoms. The molecule has 0 radical (unpaired) electrons. The molecule has 0 saturated carbocycles. The van der Waals surface area contributed by atoms with Gasteiger partial charge in [0.1, 0.15) is 0 Å². The van der Waals surface area contributed by atoms with Crippen LogP contribution in [0.5, 0.6) is 0 Å². The third kappa shape index (κ3) is 3.87. The highest BCUT2D eigenvalue weighted by Gasteiger charge is 2.46. The Hall–Kier alpha value is -2.08. The van der Waals surface area contributed by atoms with Crippen LogP contribution in [-0.2, 0) is 14.9 Å². The van der Waals surface area contributed by atoms with E-state index in [1.807, 2.05) is 29.7 Å². The lowest BCUT2D eigenvalue weighted by Crippen LogP contribution is -2.52. The maximum absolute atomic E-state index is 12.2. The Labute approximate surface area is 173 Å². The molecule has 2 saturated heterocycles. The normalized spacial score (nSPS) is 22.2. The van der Waals surface area contributed by atoms with Crippen LogP contribution in [0.15, 0.2) is 24.3 Å². The molecule has 0 N–H and O–H groups in total. The van der Waals surface area contributed by atoms with Crippen LogP contribution < -0.4 is 4.90 Å². The minimum Gasteiger partial charge on any atom is -0.447 e. The van der Waals surface area contributed by atoms with Crippen molar-refractivity contribution >= 4 is 17.7 Å². The molecule has 0 bridgehead atoms. The lowest BCUT2D eigenvalue weighted by molar-refractivity contribution is -0.116. The van der Waals surface area contributed by atoms with Crippen molar-refractivity contribution in [2.45, 2.75) is 64.0 Å². The van der Waals surface area contributed by atoms with E-state index in [4.69, 9.17) is 4.74 Å². The smallest absolute Gasteiger partial charge is 0.410 e. The number of hydrogen-bond acceptors (Lipinski definition) is 4. The van der Waals surface area contributed by atoms with Crippen LogP contribution in [0.2, 0.25) is 0 Å². The number of carbonyl (C=O) groups is 2. The molecule has 158 valence electrons. The van der Waals surface area contributed by atoms with Crippen molar-refractivity contribution in [3.8, 4) is 0 Å². The number of likely N-dealkylation sites (tertiary alicyclic amines) is 2. The molecule has 0 aromatic heterocycles. The number of carbonyl (C=O) groups excluding carboxylic acids is 2. The van der Waals surface area contributed by atoms with E-state index in [0.717, 1.165) is 64.1 Å². The molecule has 3 aliphatic rings. The number of amides is 2. The van der Waals surface area contributed by atoms with E-state index in [1.54, 1.807) is 6.92 Å². The fourth-order valence-electron chi connectivity index (χ4n) is 5.35. The predicted molar refractivity (Wildman–Crippen MR) is 113 cm³/mol. The highest BCUT2D eigenvalue weighted by molar-refractivity contribution is 5.94. The summed E-state index contributed by atoms with van der Waals surface area (Å²) in [6, 6.07) is 8.97. The molecule has 4 rings (SSSR count). The summed E-state index contributed by atoms with van der Waals surface area (Å²) in [6.45, 7) is 9.93. The van der Waals surface area contributed by atoms with E-state index in [0.29, 0.717) is 6.04 Å². The van der Waals surface area contributed by atoms with E-state index in [-0.39, 0.29) is 23.5 Å². The third-order valence-corrected chi connectivity index (χ3v) is 6.94. The summed E-state index contributed by atoms with van der Waals surface area (Å²) < 4.78 is 5.34. The zero-order valence-electron chi connectivity index (χ0n) is 17.9. The van der Waals surface area contributed by atoms with Crippen molar-refractivity contribution in [1.82, 2.24) is 9.80 Å². The number of rotatable bonds is 2. The Kier molecular flexibility index (Phi) is 5.56. The van der Waals surface area contributed by atoms with Gasteiger partial charge in [-0.3, -0.25) is 4.79 Å². The molecule has 0 atom stereocenters. The van der Waals surface area contributed by atoms with Crippen molar-refractivity contribution < 1.29 is 14.3 Å². The molecular weight excluding hydrogens is 366 g/mol. The number of nitrogens with zero attached hydrogens (tertiary/aromatic N) is 3. The Balaban J connectivity index is 1.36. The highest BCUT2D eigenvalue weighted by atomic mass is 16.6. The predicted octanol–water partition coefficient (Wildman–Crippen LogP) is 3.40. The molecule has 29 heavy (non-hydrogen) atoms. The lowest BCUT2D eigenvalue weighted by atomic mass is 9.74. The number of para-hydroxylation sites is 1. The number of piperidine rings is 2. The lowest BCUT2D eigenvalue weighted by Gasteiger charge is -2.45. The first kappa shape index (κ1) is 20.2. The van der Waals surface area contributed by atoms with E-state index in [1.165, 1.54) is 5.56 Å². The van der Waals surface area contributed by atoms with E-state index < -0.39 is 0 Å². The van der Waals surface area contributed by atoms with Gasteiger partial charge >= 0.3 is 6.09 Å². The fraction of sp³-hybridized carbons (Fsp3) is 0.652. The standard InChI is InChI=1S/C23H33N3O3/c1-17(2)29-22(28)25-12-8-19(9-13-25)24-14-10-23(11-15-24)16-26(18(3)27)21-7-5-4-6-20(21)23/h4-7,17,19H,8-16H2,1-3H3. The first-order valence-electron chi connectivity index (χ1n) is 11.0. The van der Waals surface area contributed by atoms with Gasteiger partial charge in [-0.2, -0.15) is 0 Å². The second kappa shape index (κ2) is 7.98. The molecule has 3 heterocycles. The molecule has 6 nitrogen and oxygen atoms in total. The summed E-state index contributed by atoms with van der Waals surface area (Å²) in [7, 11) is 0. The summed E-state index contributed by atoms with van der Waals surface area (Å²) in [4.78, 5) is 30.7. The van der Waals surface area contributed by atoms with Crippen molar-refractivity contribution in [3.63, 3.8) is 0 Å². The van der Waals surface area contributed by atoms with Crippen molar-refractivity contribution in [3.05, 3.63) is 29.8 Å². The van der Waals surface area contributed by atoms with Crippen LogP contribution in [0.4, 0.5) is 10.5 Å². The molecule has 6 heteroatoms. The second-order valence-electron chi connectivity index (χ2n) is 9.09. The summed E-state index contributed by atoms with van der Waals surface area (Å²) in [5.74, 6) is 0.136. The van der Waals surface area contributed by atoms with E-state index >= 15 is 0 Å². The van der Waals surface area contributed by atoms with Gasteiger partial charge in [0.2, 0.25) is 5.91 Å². The third-order valence-electron chi connectivity index (χ3n) is 6.94. The molecule has 0 aliphatic carbocycles. The first-order valence-corrected chi connectivity index (χ1v) is 11.0. The first-order chi connectivity index (χ1) is 13.9.